The topological polar surface area (TPSA) is 76.9 Å². The molecule has 1 aromatic heterocycles. The van der Waals surface area contributed by atoms with Gasteiger partial charge >= 0.3 is 0 Å². The van der Waals surface area contributed by atoms with Gasteiger partial charge in [-0.25, -0.2) is 0 Å². The summed E-state index contributed by atoms with van der Waals surface area (Å²) in [7, 11) is 0. The summed E-state index contributed by atoms with van der Waals surface area (Å²) in [6.45, 7) is 3.56. The minimum atomic E-state index is -0.154. The predicted octanol–water partition coefficient (Wildman–Crippen LogP) is 5.10. The highest BCUT2D eigenvalue weighted by atomic mass is 32.2. The Morgan fingerprint density at radius 3 is 2.27 bits per heavy atom. The standard InChI is InChI=1S/C26H24N4O2S/c1-18-8-14-23(15-9-18)30-24(16-20-6-4-3-5-7-20)28-29-26(30)33-17-25(32)27-22-12-10-21(11-13-22)19(2)31/h3-15H,16-17H2,1-2H3,(H,27,32). The molecule has 0 atom stereocenters. The Kier molecular flexibility index (Phi) is 7.00. The van der Waals surface area contributed by atoms with Gasteiger partial charge < -0.3 is 5.32 Å². The second kappa shape index (κ2) is 10.3. The van der Waals surface area contributed by atoms with Crippen LogP contribution in [-0.2, 0) is 11.2 Å². The SMILES string of the molecule is CC(=O)c1ccc(NC(=O)CSc2nnc(Cc3ccccc3)n2-c2ccc(C)cc2)cc1. The maximum Gasteiger partial charge on any atom is 0.234 e. The van der Waals surface area contributed by atoms with Gasteiger partial charge in [-0.2, -0.15) is 0 Å². The molecule has 3 aromatic carbocycles. The molecular formula is C26H24N4O2S. The van der Waals surface area contributed by atoms with Crippen LogP contribution in [-0.4, -0.2) is 32.2 Å². The summed E-state index contributed by atoms with van der Waals surface area (Å²) < 4.78 is 2.01. The molecule has 6 nitrogen and oxygen atoms in total. The number of nitrogens with one attached hydrogen (secondary N) is 1. The number of carbonyl (C=O) groups is 2. The molecule has 7 heteroatoms. The molecule has 33 heavy (non-hydrogen) atoms. The molecule has 0 bridgehead atoms. The highest BCUT2D eigenvalue weighted by Gasteiger charge is 2.16. The molecule has 0 aliphatic carbocycles. The zero-order chi connectivity index (χ0) is 23.2. The first kappa shape index (κ1) is 22.5. The van der Waals surface area contributed by atoms with Gasteiger partial charge in [-0.3, -0.25) is 14.2 Å². The van der Waals surface area contributed by atoms with Gasteiger partial charge in [-0.1, -0.05) is 59.8 Å². The van der Waals surface area contributed by atoms with Gasteiger partial charge in [-0.15, -0.1) is 10.2 Å². The maximum atomic E-state index is 12.5. The first-order valence-corrected chi connectivity index (χ1v) is 11.6. The second-order valence-corrected chi connectivity index (χ2v) is 8.65. The average molecular weight is 457 g/mol. The molecule has 4 rings (SSSR count). The fourth-order valence-corrected chi connectivity index (χ4v) is 4.13. The van der Waals surface area contributed by atoms with E-state index in [-0.39, 0.29) is 17.4 Å². The van der Waals surface area contributed by atoms with E-state index in [9.17, 15) is 9.59 Å². The Labute approximate surface area is 197 Å². The van der Waals surface area contributed by atoms with Gasteiger partial charge in [0.05, 0.1) is 5.75 Å². The number of aryl methyl sites for hydroxylation is 1. The van der Waals surface area contributed by atoms with Crippen molar-refractivity contribution >= 4 is 29.1 Å². The van der Waals surface area contributed by atoms with Crippen molar-refractivity contribution in [1.82, 2.24) is 14.8 Å². The monoisotopic (exact) mass is 456 g/mol. The molecule has 0 saturated carbocycles. The van der Waals surface area contributed by atoms with Crippen LogP contribution < -0.4 is 5.32 Å². The largest absolute Gasteiger partial charge is 0.325 e. The molecule has 0 aliphatic heterocycles. The maximum absolute atomic E-state index is 12.5. The van der Waals surface area contributed by atoms with Gasteiger partial charge in [0.15, 0.2) is 10.9 Å². The number of amides is 1. The number of hydrogen-bond acceptors (Lipinski definition) is 5. The molecule has 0 spiro atoms. The van der Waals surface area contributed by atoms with Crippen molar-refractivity contribution in [2.45, 2.75) is 25.4 Å². The molecule has 1 amide bonds. The third-order valence-corrected chi connectivity index (χ3v) is 6.03. The number of anilines is 1. The molecule has 0 unspecified atom stereocenters. The minimum absolute atomic E-state index is 0.00909. The quantitative estimate of drug-likeness (QED) is 0.295. The Balaban J connectivity index is 1.51. The minimum Gasteiger partial charge on any atom is -0.325 e. The average Bonchev–Trinajstić information content (AvgIpc) is 3.21. The van der Waals surface area contributed by atoms with Crippen LogP contribution in [0.25, 0.3) is 5.69 Å². The van der Waals surface area contributed by atoms with E-state index in [0.717, 1.165) is 17.1 Å². The number of aromatic nitrogens is 3. The van der Waals surface area contributed by atoms with Crippen LogP contribution in [0, 0.1) is 6.92 Å². The fourth-order valence-electron chi connectivity index (χ4n) is 3.36. The molecule has 0 saturated heterocycles. The van der Waals surface area contributed by atoms with Gasteiger partial charge in [0.25, 0.3) is 0 Å². The number of Topliss-reactive ketones (excluding diaryl/α,β-unsaturated/α-hetero) is 1. The van der Waals surface area contributed by atoms with E-state index >= 15 is 0 Å². The summed E-state index contributed by atoms with van der Waals surface area (Å²) >= 11 is 1.34. The third-order valence-electron chi connectivity index (χ3n) is 5.11. The zero-order valence-corrected chi connectivity index (χ0v) is 19.3. The Morgan fingerprint density at radius 2 is 1.61 bits per heavy atom. The van der Waals surface area contributed by atoms with E-state index < -0.39 is 0 Å². The number of nitrogens with zero attached hydrogens (tertiary/aromatic N) is 3. The second-order valence-electron chi connectivity index (χ2n) is 7.70. The molecule has 0 fully saturated rings. The predicted molar refractivity (Wildman–Crippen MR) is 131 cm³/mol. The molecule has 1 N–H and O–H groups in total. The van der Waals surface area contributed by atoms with E-state index in [0.29, 0.717) is 22.8 Å². The molecule has 0 radical (unpaired) electrons. The Hall–Kier alpha value is -3.71. The highest BCUT2D eigenvalue weighted by Crippen LogP contribution is 2.24. The van der Waals surface area contributed by atoms with Gasteiger partial charge in [0.2, 0.25) is 5.91 Å². The van der Waals surface area contributed by atoms with Crippen LogP contribution in [0.3, 0.4) is 0 Å². The number of benzene rings is 3. The van der Waals surface area contributed by atoms with Crippen molar-refractivity contribution in [1.29, 1.82) is 0 Å². The van der Waals surface area contributed by atoms with E-state index in [2.05, 4.69) is 27.6 Å². The van der Waals surface area contributed by atoms with Gasteiger partial charge in [0, 0.05) is 23.4 Å². The number of carbonyl (C=O) groups excluding carboxylic acids is 2. The van der Waals surface area contributed by atoms with Crippen LogP contribution in [0.4, 0.5) is 5.69 Å². The fraction of sp³-hybridized carbons (Fsp3) is 0.154. The first-order chi connectivity index (χ1) is 16.0. The first-order valence-electron chi connectivity index (χ1n) is 10.6. The number of rotatable bonds is 8. The van der Waals surface area contributed by atoms with Crippen molar-refractivity contribution in [2.24, 2.45) is 0 Å². The van der Waals surface area contributed by atoms with E-state index in [1.165, 1.54) is 24.2 Å². The van der Waals surface area contributed by atoms with Crippen LogP contribution in [0.5, 0.6) is 0 Å². The summed E-state index contributed by atoms with van der Waals surface area (Å²) in [5.74, 6) is 0.834. The lowest BCUT2D eigenvalue weighted by Gasteiger charge is -2.11. The molecule has 4 aromatic rings. The van der Waals surface area contributed by atoms with Crippen molar-refractivity contribution < 1.29 is 9.59 Å². The summed E-state index contributed by atoms with van der Waals surface area (Å²) in [5, 5.41) is 12.3. The Morgan fingerprint density at radius 1 is 0.909 bits per heavy atom. The van der Waals surface area contributed by atoms with Gasteiger partial charge in [-0.05, 0) is 55.8 Å². The Bertz CT molecular complexity index is 1250. The summed E-state index contributed by atoms with van der Waals surface area (Å²) in [4.78, 5) is 24.0. The van der Waals surface area contributed by atoms with Crippen molar-refractivity contribution in [2.75, 3.05) is 11.1 Å². The van der Waals surface area contributed by atoms with Gasteiger partial charge in [0.1, 0.15) is 5.82 Å². The third kappa shape index (κ3) is 5.75. The zero-order valence-electron chi connectivity index (χ0n) is 18.5. The molecule has 1 heterocycles. The highest BCUT2D eigenvalue weighted by molar-refractivity contribution is 7.99. The van der Waals surface area contributed by atoms with Crippen molar-refractivity contribution in [3.8, 4) is 5.69 Å². The lowest BCUT2D eigenvalue weighted by molar-refractivity contribution is -0.113. The summed E-state index contributed by atoms with van der Waals surface area (Å²) in [6, 6.07) is 25.2. The summed E-state index contributed by atoms with van der Waals surface area (Å²) in [5.41, 5.74) is 4.52. The smallest absolute Gasteiger partial charge is 0.234 e. The van der Waals surface area contributed by atoms with Crippen molar-refractivity contribution in [3.05, 3.63) is 101 Å². The summed E-state index contributed by atoms with van der Waals surface area (Å²) in [6.07, 6.45) is 0.636. The molecule has 0 aliphatic rings. The van der Waals surface area contributed by atoms with E-state index in [4.69, 9.17) is 0 Å². The number of ketones is 1. The van der Waals surface area contributed by atoms with E-state index in [1.54, 1.807) is 24.3 Å². The normalized spacial score (nSPS) is 10.7. The van der Waals surface area contributed by atoms with Crippen LogP contribution in [0.1, 0.15) is 34.2 Å². The number of hydrogen-bond donors (Lipinski definition) is 1. The number of thioether (sulfide) groups is 1. The lowest BCUT2D eigenvalue weighted by atomic mass is 10.1. The van der Waals surface area contributed by atoms with Crippen LogP contribution >= 0.6 is 11.8 Å². The van der Waals surface area contributed by atoms with Crippen molar-refractivity contribution in [3.63, 3.8) is 0 Å². The van der Waals surface area contributed by atoms with Crippen LogP contribution in [0.15, 0.2) is 84.0 Å². The molecular weight excluding hydrogens is 432 g/mol. The van der Waals surface area contributed by atoms with Crippen LogP contribution in [0.2, 0.25) is 0 Å². The molecule has 166 valence electrons. The lowest BCUT2D eigenvalue weighted by Crippen LogP contribution is -2.14. The van der Waals surface area contributed by atoms with E-state index in [1.807, 2.05) is 54.0 Å².